The zero-order valence-electron chi connectivity index (χ0n) is 10.9. The van der Waals surface area contributed by atoms with E-state index in [1.807, 2.05) is 37.3 Å². The Hall–Kier alpha value is -1.90. The molecular weight excluding hydrogens is 224 g/mol. The summed E-state index contributed by atoms with van der Waals surface area (Å²) in [7, 11) is 0. The number of imidazole rings is 1. The maximum absolute atomic E-state index is 12.2. The van der Waals surface area contributed by atoms with E-state index in [9.17, 15) is 4.79 Å². The van der Waals surface area contributed by atoms with Crippen molar-refractivity contribution in [1.82, 2.24) is 9.97 Å². The minimum Gasteiger partial charge on any atom is -0.339 e. The molecule has 1 aromatic heterocycles. The van der Waals surface area contributed by atoms with Crippen LogP contribution in [0.4, 0.5) is 0 Å². The van der Waals surface area contributed by atoms with Gasteiger partial charge in [0.05, 0.1) is 5.69 Å². The molecule has 0 fully saturated rings. The Balaban J connectivity index is 2.14. The zero-order chi connectivity index (χ0) is 13.0. The summed E-state index contributed by atoms with van der Waals surface area (Å²) < 4.78 is 0. The van der Waals surface area contributed by atoms with Gasteiger partial charge in [-0.2, -0.15) is 0 Å². The zero-order valence-corrected chi connectivity index (χ0v) is 10.9. The van der Waals surface area contributed by atoms with E-state index < -0.39 is 0 Å². The molecule has 0 unspecified atom stereocenters. The lowest BCUT2D eigenvalue weighted by Gasteiger charge is -1.99. The van der Waals surface area contributed by atoms with Gasteiger partial charge >= 0.3 is 0 Å². The molecule has 3 heteroatoms. The topological polar surface area (TPSA) is 45.8 Å². The molecule has 0 aliphatic carbocycles. The first-order valence-corrected chi connectivity index (χ1v) is 6.33. The van der Waals surface area contributed by atoms with Gasteiger partial charge in [0.15, 0.2) is 5.78 Å². The standard InChI is InChI=1S/C15H18N2O/c1-3-7-14-16-11(2)15(17-14)13(18)10-12-8-5-4-6-9-12/h4-6,8-9H,3,7,10H2,1-2H3,(H,16,17). The maximum Gasteiger partial charge on any atom is 0.185 e. The number of ketones is 1. The fraction of sp³-hybridized carbons (Fsp3) is 0.333. The van der Waals surface area contributed by atoms with E-state index in [0.717, 1.165) is 29.9 Å². The lowest BCUT2D eigenvalue weighted by molar-refractivity contribution is 0.0988. The van der Waals surface area contributed by atoms with E-state index in [1.165, 1.54) is 0 Å². The van der Waals surface area contributed by atoms with Crippen molar-refractivity contribution >= 4 is 5.78 Å². The van der Waals surface area contributed by atoms with Gasteiger partial charge in [-0.1, -0.05) is 37.3 Å². The van der Waals surface area contributed by atoms with Crippen LogP contribution in [0, 0.1) is 6.92 Å². The predicted octanol–water partition coefficient (Wildman–Crippen LogP) is 3.10. The molecule has 94 valence electrons. The number of carbonyl (C=O) groups is 1. The molecule has 1 N–H and O–H groups in total. The van der Waals surface area contributed by atoms with Gasteiger partial charge in [0.2, 0.25) is 0 Å². The number of benzene rings is 1. The monoisotopic (exact) mass is 242 g/mol. The highest BCUT2D eigenvalue weighted by molar-refractivity contribution is 5.96. The molecule has 0 saturated carbocycles. The van der Waals surface area contributed by atoms with E-state index >= 15 is 0 Å². The van der Waals surface area contributed by atoms with E-state index in [0.29, 0.717) is 12.1 Å². The van der Waals surface area contributed by atoms with Crippen molar-refractivity contribution in [2.75, 3.05) is 0 Å². The second-order valence-corrected chi connectivity index (χ2v) is 4.48. The average molecular weight is 242 g/mol. The second kappa shape index (κ2) is 5.63. The van der Waals surface area contributed by atoms with Crippen molar-refractivity contribution in [3.63, 3.8) is 0 Å². The van der Waals surface area contributed by atoms with Crippen LogP contribution >= 0.6 is 0 Å². The van der Waals surface area contributed by atoms with Crippen LogP contribution in [-0.4, -0.2) is 15.8 Å². The minimum absolute atomic E-state index is 0.105. The molecule has 18 heavy (non-hydrogen) atoms. The van der Waals surface area contributed by atoms with Crippen LogP contribution in [0.1, 0.15) is 40.9 Å². The molecule has 1 heterocycles. The molecule has 1 aromatic carbocycles. The molecule has 0 spiro atoms. The number of carbonyl (C=O) groups excluding carboxylic acids is 1. The Bertz CT molecular complexity index is 529. The summed E-state index contributed by atoms with van der Waals surface area (Å²) in [6, 6.07) is 9.79. The predicted molar refractivity (Wildman–Crippen MR) is 71.8 cm³/mol. The Kier molecular flexibility index (Phi) is 3.92. The van der Waals surface area contributed by atoms with E-state index in [-0.39, 0.29) is 5.78 Å². The number of aromatic amines is 1. The van der Waals surface area contributed by atoms with Gasteiger partial charge in [0, 0.05) is 12.8 Å². The first-order chi connectivity index (χ1) is 8.70. The number of aromatic nitrogens is 2. The van der Waals surface area contributed by atoms with Crippen molar-refractivity contribution in [3.8, 4) is 0 Å². The van der Waals surface area contributed by atoms with Crippen molar-refractivity contribution in [2.24, 2.45) is 0 Å². The SMILES string of the molecule is CCCc1nc(C)c(C(=O)Cc2ccccc2)[nH]1. The third-order valence-electron chi connectivity index (χ3n) is 2.91. The molecule has 0 amide bonds. The normalized spacial score (nSPS) is 10.6. The molecule has 0 atom stereocenters. The number of nitrogens with one attached hydrogen (secondary N) is 1. The van der Waals surface area contributed by atoms with Crippen molar-refractivity contribution in [2.45, 2.75) is 33.1 Å². The third-order valence-corrected chi connectivity index (χ3v) is 2.91. The van der Waals surface area contributed by atoms with Gasteiger partial charge in [0.1, 0.15) is 11.5 Å². The number of aryl methyl sites for hydroxylation is 2. The lowest BCUT2D eigenvalue weighted by Crippen LogP contribution is -2.05. The van der Waals surface area contributed by atoms with E-state index in [4.69, 9.17) is 0 Å². The van der Waals surface area contributed by atoms with Gasteiger partial charge in [0.25, 0.3) is 0 Å². The summed E-state index contributed by atoms with van der Waals surface area (Å²) in [4.78, 5) is 19.7. The molecule has 3 nitrogen and oxygen atoms in total. The highest BCUT2D eigenvalue weighted by Crippen LogP contribution is 2.11. The van der Waals surface area contributed by atoms with Crippen molar-refractivity contribution in [3.05, 3.63) is 53.1 Å². The Labute approximate surface area is 107 Å². The number of H-pyrrole nitrogens is 1. The molecular formula is C15H18N2O. The van der Waals surface area contributed by atoms with Crippen LogP contribution in [0.15, 0.2) is 30.3 Å². The summed E-state index contributed by atoms with van der Waals surface area (Å²) in [6.45, 7) is 3.98. The second-order valence-electron chi connectivity index (χ2n) is 4.48. The Morgan fingerprint density at radius 1 is 1.28 bits per heavy atom. The van der Waals surface area contributed by atoms with E-state index in [1.54, 1.807) is 0 Å². The molecule has 0 radical (unpaired) electrons. The van der Waals surface area contributed by atoms with Crippen LogP contribution < -0.4 is 0 Å². The third kappa shape index (κ3) is 2.86. The number of hydrogen-bond donors (Lipinski definition) is 1. The first kappa shape index (κ1) is 12.6. The highest BCUT2D eigenvalue weighted by Gasteiger charge is 2.14. The summed E-state index contributed by atoms with van der Waals surface area (Å²) in [5, 5.41) is 0. The summed E-state index contributed by atoms with van der Waals surface area (Å²) in [6.07, 6.45) is 2.34. The smallest absolute Gasteiger partial charge is 0.185 e. The fourth-order valence-corrected chi connectivity index (χ4v) is 2.02. The van der Waals surface area contributed by atoms with Crippen LogP contribution in [0.25, 0.3) is 0 Å². The molecule has 0 aliphatic rings. The fourth-order valence-electron chi connectivity index (χ4n) is 2.02. The maximum atomic E-state index is 12.2. The van der Waals surface area contributed by atoms with Crippen LogP contribution in [0.2, 0.25) is 0 Å². The molecule has 0 saturated heterocycles. The molecule has 2 aromatic rings. The number of hydrogen-bond acceptors (Lipinski definition) is 2. The first-order valence-electron chi connectivity index (χ1n) is 6.33. The van der Waals surface area contributed by atoms with Gasteiger partial charge in [-0.25, -0.2) is 4.98 Å². The van der Waals surface area contributed by atoms with E-state index in [2.05, 4.69) is 16.9 Å². The quantitative estimate of drug-likeness (QED) is 0.819. The number of nitrogens with zero attached hydrogens (tertiary/aromatic N) is 1. The van der Waals surface area contributed by atoms with Gasteiger partial charge in [-0.15, -0.1) is 0 Å². The van der Waals surface area contributed by atoms with Crippen LogP contribution in [-0.2, 0) is 12.8 Å². The summed E-state index contributed by atoms with van der Waals surface area (Å²) >= 11 is 0. The largest absolute Gasteiger partial charge is 0.339 e. The van der Waals surface area contributed by atoms with Crippen LogP contribution in [0.3, 0.4) is 0 Å². The molecule has 0 bridgehead atoms. The Morgan fingerprint density at radius 3 is 2.67 bits per heavy atom. The molecule has 0 aliphatic heterocycles. The average Bonchev–Trinajstić information content (AvgIpc) is 2.72. The van der Waals surface area contributed by atoms with Crippen LogP contribution in [0.5, 0.6) is 0 Å². The highest BCUT2D eigenvalue weighted by atomic mass is 16.1. The summed E-state index contributed by atoms with van der Waals surface area (Å²) in [5.41, 5.74) is 2.50. The van der Waals surface area contributed by atoms with Gasteiger partial charge in [-0.3, -0.25) is 4.79 Å². The Morgan fingerprint density at radius 2 is 2.00 bits per heavy atom. The van der Waals surface area contributed by atoms with Gasteiger partial charge < -0.3 is 4.98 Å². The molecule has 2 rings (SSSR count). The summed E-state index contributed by atoms with van der Waals surface area (Å²) in [5.74, 6) is 1.01. The van der Waals surface area contributed by atoms with Crippen molar-refractivity contribution in [1.29, 1.82) is 0 Å². The number of rotatable bonds is 5. The number of Topliss-reactive ketones (excluding diaryl/α,β-unsaturated/α-hetero) is 1. The van der Waals surface area contributed by atoms with Gasteiger partial charge in [-0.05, 0) is 18.9 Å². The van der Waals surface area contributed by atoms with Crippen molar-refractivity contribution < 1.29 is 4.79 Å². The lowest BCUT2D eigenvalue weighted by atomic mass is 10.1. The minimum atomic E-state index is 0.105.